The van der Waals surface area contributed by atoms with Gasteiger partial charge in [0.15, 0.2) is 11.6 Å². The van der Waals surface area contributed by atoms with E-state index in [0.717, 1.165) is 12.1 Å². The third-order valence-electron chi connectivity index (χ3n) is 3.14. The van der Waals surface area contributed by atoms with Crippen LogP contribution >= 0.6 is 22.6 Å². The average Bonchev–Trinajstić information content (AvgIpc) is 2.58. The van der Waals surface area contributed by atoms with Crippen molar-refractivity contribution in [2.24, 2.45) is 0 Å². The highest BCUT2D eigenvalue weighted by atomic mass is 127. The molecule has 1 atom stereocenters. The van der Waals surface area contributed by atoms with Gasteiger partial charge in [0.2, 0.25) is 0 Å². The number of rotatable bonds is 6. The minimum Gasteiger partial charge on any atom is -0.394 e. The van der Waals surface area contributed by atoms with Crippen molar-refractivity contribution in [1.29, 1.82) is 0 Å². The highest BCUT2D eigenvalue weighted by molar-refractivity contribution is 14.1. The maximum absolute atomic E-state index is 14.2. The standard InChI is InChI=1S/C16H14F3IN2O3/c1-8(7-23)25-22-16(24)10-3-4-11(17)14(19)15(10)21-13-5-2-9(20)6-12(13)18/h2-6,8,21,23H,7H2,1H3,(H,22,24). The van der Waals surface area contributed by atoms with Gasteiger partial charge in [-0.3, -0.25) is 9.63 Å². The molecule has 0 aliphatic heterocycles. The third-order valence-corrected chi connectivity index (χ3v) is 3.81. The maximum Gasteiger partial charge on any atom is 0.277 e. The topological polar surface area (TPSA) is 70.6 Å². The van der Waals surface area contributed by atoms with Crippen LogP contribution in [0.2, 0.25) is 0 Å². The van der Waals surface area contributed by atoms with E-state index in [4.69, 9.17) is 9.94 Å². The van der Waals surface area contributed by atoms with E-state index in [0.29, 0.717) is 3.57 Å². The third kappa shape index (κ3) is 4.83. The number of carbonyl (C=O) groups excluding carboxylic acids is 1. The second-order valence-corrected chi connectivity index (χ2v) is 6.32. The average molecular weight is 466 g/mol. The number of aliphatic hydroxyl groups excluding tert-OH is 1. The van der Waals surface area contributed by atoms with Crippen molar-refractivity contribution >= 4 is 39.9 Å². The lowest BCUT2D eigenvalue weighted by atomic mass is 10.1. The molecule has 25 heavy (non-hydrogen) atoms. The summed E-state index contributed by atoms with van der Waals surface area (Å²) in [5.74, 6) is -4.10. The molecule has 5 nitrogen and oxygen atoms in total. The van der Waals surface area contributed by atoms with Crippen LogP contribution in [0, 0.1) is 21.0 Å². The van der Waals surface area contributed by atoms with Gasteiger partial charge in [-0.2, -0.15) is 0 Å². The number of hydrogen-bond donors (Lipinski definition) is 3. The summed E-state index contributed by atoms with van der Waals surface area (Å²) >= 11 is 1.90. The summed E-state index contributed by atoms with van der Waals surface area (Å²) in [6, 6.07) is 5.91. The molecule has 0 heterocycles. The first-order chi connectivity index (χ1) is 11.8. The zero-order valence-electron chi connectivity index (χ0n) is 12.9. The summed E-state index contributed by atoms with van der Waals surface area (Å²) in [5, 5.41) is 11.3. The molecule has 1 amide bonds. The van der Waals surface area contributed by atoms with E-state index in [2.05, 4.69) is 5.32 Å². The number of amides is 1. The summed E-state index contributed by atoms with van der Waals surface area (Å²) in [7, 11) is 0. The Bertz CT molecular complexity index is 789. The second kappa shape index (κ2) is 8.50. The Kier molecular flexibility index (Phi) is 6.62. The Morgan fingerprint density at radius 3 is 2.60 bits per heavy atom. The number of anilines is 2. The van der Waals surface area contributed by atoms with E-state index in [-0.39, 0.29) is 17.9 Å². The molecule has 9 heteroatoms. The lowest BCUT2D eigenvalue weighted by molar-refractivity contribution is -0.0304. The fourth-order valence-electron chi connectivity index (χ4n) is 1.83. The molecule has 3 N–H and O–H groups in total. The van der Waals surface area contributed by atoms with Crippen molar-refractivity contribution < 1.29 is 27.9 Å². The predicted octanol–water partition coefficient (Wildman–Crippen LogP) is 3.49. The molecular formula is C16H14F3IN2O3. The van der Waals surface area contributed by atoms with Crippen LogP contribution in [0.15, 0.2) is 30.3 Å². The smallest absolute Gasteiger partial charge is 0.277 e. The number of halogens is 4. The molecule has 0 aromatic heterocycles. The van der Waals surface area contributed by atoms with E-state index in [1.807, 2.05) is 28.1 Å². The van der Waals surface area contributed by atoms with Gasteiger partial charge in [-0.25, -0.2) is 18.7 Å². The summed E-state index contributed by atoms with van der Waals surface area (Å²) in [4.78, 5) is 17.0. The molecule has 0 bridgehead atoms. The SMILES string of the molecule is CC(CO)ONC(=O)c1ccc(F)c(F)c1Nc1ccc(I)cc1F. The summed E-state index contributed by atoms with van der Waals surface area (Å²) in [6.07, 6.45) is -0.695. The zero-order chi connectivity index (χ0) is 18.6. The summed E-state index contributed by atoms with van der Waals surface area (Å²) in [5.41, 5.74) is 1.08. The fraction of sp³-hybridized carbons (Fsp3) is 0.188. The van der Waals surface area contributed by atoms with Gasteiger partial charge in [0.1, 0.15) is 11.9 Å². The molecule has 2 aromatic rings. The largest absolute Gasteiger partial charge is 0.394 e. The highest BCUT2D eigenvalue weighted by Gasteiger charge is 2.20. The van der Waals surface area contributed by atoms with E-state index in [1.54, 1.807) is 6.07 Å². The van der Waals surface area contributed by atoms with Gasteiger partial charge in [0, 0.05) is 3.57 Å². The molecule has 0 spiro atoms. The predicted molar refractivity (Wildman–Crippen MR) is 93.9 cm³/mol. The first-order valence-electron chi connectivity index (χ1n) is 7.10. The first kappa shape index (κ1) is 19.5. The first-order valence-corrected chi connectivity index (χ1v) is 8.18. The molecule has 0 saturated heterocycles. The number of aliphatic hydroxyl groups is 1. The Labute approximate surface area is 155 Å². The van der Waals surface area contributed by atoms with Gasteiger partial charge in [-0.05, 0) is 59.8 Å². The maximum atomic E-state index is 14.2. The van der Waals surface area contributed by atoms with E-state index < -0.39 is 35.2 Å². The highest BCUT2D eigenvalue weighted by Crippen LogP contribution is 2.28. The number of carbonyl (C=O) groups is 1. The summed E-state index contributed by atoms with van der Waals surface area (Å²) in [6.45, 7) is 1.14. The molecule has 0 aliphatic rings. The van der Waals surface area contributed by atoms with Crippen molar-refractivity contribution in [2.45, 2.75) is 13.0 Å². The zero-order valence-corrected chi connectivity index (χ0v) is 15.1. The van der Waals surface area contributed by atoms with Crippen LogP contribution < -0.4 is 10.8 Å². The van der Waals surface area contributed by atoms with Gasteiger partial charge < -0.3 is 10.4 Å². The molecule has 0 fully saturated rings. The van der Waals surface area contributed by atoms with Crippen molar-refractivity contribution in [3.8, 4) is 0 Å². The molecule has 134 valence electrons. The van der Waals surface area contributed by atoms with Gasteiger partial charge in [-0.1, -0.05) is 0 Å². The number of benzene rings is 2. The van der Waals surface area contributed by atoms with Crippen LogP contribution in [-0.2, 0) is 4.84 Å². The van der Waals surface area contributed by atoms with Gasteiger partial charge in [-0.15, -0.1) is 0 Å². The van der Waals surface area contributed by atoms with E-state index >= 15 is 0 Å². The van der Waals surface area contributed by atoms with Crippen LogP contribution in [0.1, 0.15) is 17.3 Å². The van der Waals surface area contributed by atoms with Gasteiger partial charge >= 0.3 is 0 Å². The van der Waals surface area contributed by atoms with Gasteiger partial charge in [0.05, 0.1) is 23.5 Å². The minimum atomic E-state index is -1.33. The van der Waals surface area contributed by atoms with Crippen LogP contribution in [0.5, 0.6) is 0 Å². The number of hydrogen-bond acceptors (Lipinski definition) is 4. The lowest BCUT2D eigenvalue weighted by Gasteiger charge is -2.15. The Balaban J connectivity index is 2.35. The quantitative estimate of drug-likeness (QED) is 0.451. The molecule has 0 aliphatic carbocycles. The fourth-order valence-corrected chi connectivity index (χ4v) is 2.29. The van der Waals surface area contributed by atoms with E-state index in [9.17, 15) is 18.0 Å². The molecule has 1 unspecified atom stereocenters. The van der Waals surface area contributed by atoms with Gasteiger partial charge in [0.25, 0.3) is 5.91 Å². The number of hydroxylamine groups is 1. The van der Waals surface area contributed by atoms with Crippen LogP contribution in [0.25, 0.3) is 0 Å². The minimum absolute atomic E-state index is 0.122. The normalized spacial score (nSPS) is 11.9. The Morgan fingerprint density at radius 2 is 1.96 bits per heavy atom. The monoisotopic (exact) mass is 466 g/mol. The molecule has 0 saturated carbocycles. The molecule has 2 aromatic carbocycles. The molecule has 0 radical (unpaired) electrons. The van der Waals surface area contributed by atoms with Crippen LogP contribution in [-0.4, -0.2) is 23.7 Å². The molecule has 2 rings (SSSR count). The van der Waals surface area contributed by atoms with Crippen molar-refractivity contribution in [3.63, 3.8) is 0 Å². The Morgan fingerprint density at radius 1 is 1.24 bits per heavy atom. The summed E-state index contributed by atoms with van der Waals surface area (Å²) < 4.78 is 42.3. The van der Waals surface area contributed by atoms with Crippen LogP contribution in [0.3, 0.4) is 0 Å². The lowest BCUT2D eigenvalue weighted by Crippen LogP contribution is -2.30. The second-order valence-electron chi connectivity index (χ2n) is 5.08. The van der Waals surface area contributed by atoms with Crippen LogP contribution in [0.4, 0.5) is 24.5 Å². The van der Waals surface area contributed by atoms with E-state index in [1.165, 1.54) is 19.1 Å². The molecular weight excluding hydrogens is 452 g/mol. The number of nitrogens with one attached hydrogen (secondary N) is 2. The van der Waals surface area contributed by atoms with Crippen molar-refractivity contribution in [1.82, 2.24) is 5.48 Å². The Hall–Kier alpha value is -1.85. The van der Waals surface area contributed by atoms with Crippen molar-refractivity contribution in [3.05, 3.63) is 56.9 Å². The van der Waals surface area contributed by atoms with Crippen molar-refractivity contribution in [2.75, 3.05) is 11.9 Å².